The number of piperidine rings is 1. The van der Waals surface area contributed by atoms with E-state index in [-0.39, 0.29) is 0 Å². The van der Waals surface area contributed by atoms with Crippen LogP contribution < -0.4 is 5.73 Å². The van der Waals surface area contributed by atoms with E-state index in [2.05, 4.69) is 13.8 Å². The molecule has 0 aliphatic carbocycles. The molecule has 0 aromatic rings. The van der Waals surface area contributed by atoms with Crippen LogP contribution in [0.5, 0.6) is 0 Å². The van der Waals surface area contributed by atoms with Gasteiger partial charge in [-0.15, -0.1) is 0 Å². The van der Waals surface area contributed by atoms with Crippen molar-refractivity contribution < 1.29 is 4.79 Å². The summed E-state index contributed by atoms with van der Waals surface area (Å²) in [6, 6.07) is 0. The van der Waals surface area contributed by atoms with Gasteiger partial charge in [-0.1, -0.05) is 13.8 Å². The summed E-state index contributed by atoms with van der Waals surface area (Å²) >= 11 is 0. The lowest BCUT2D eigenvalue weighted by molar-refractivity contribution is -0.132. The quantitative estimate of drug-likeness (QED) is 0.779. The summed E-state index contributed by atoms with van der Waals surface area (Å²) in [6.45, 7) is 7.01. The van der Waals surface area contributed by atoms with Crippen LogP contribution in [0.1, 0.15) is 46.0 Å². The van der Waals surface area contributed by atoms with Crippen LogP contribution in [0.25, 0.3) is 0 Å². The van der Waals surface area contributed by atoms with Gasteiger partial charge in [0.05, 0.1) is 0 Å². The highest BCUT2D eigenvalue weighted by Crippen LogP contribution is 2.20. The molecule has 0 unspecified atom stereocenters. The predicted molar refractivity (Wildman–Crippen MR) is 67.0 cm³/mol. The van der Waals surface area contributed by atoms with Crippen LogP contribution in [0.2, 0.25) is 0 Å². The summed E-state index contributed by atoms with van der Waals surface area (Å²) in [5.74, 6) is 1.72. The zero-order valence-corrected chi connectivity index (χ0v) is 10.7. The average Bonchev–Trinajstić information content (AvgIpc) is 2.27. The fourth-order valence-corrected chi connectivity index (χ4v) is 2.28. The maximum absolute atomic E-state index is 11.9. The summed E-state index contributed by atoms with van der Waals surface area (Å²) in [5.41, 5.74) is 5.55. The number of rotatable bonds is 5. The minimum atomic E-state index is 0.347. The van der Waals surface area contributed by atoms with Gasteiger partial charge in [-0.25, -0.2) is 0 Å². The summed E-state index contributed by atoms with van der Waals surface area (Å²) in [4.78, 5) is 13.9. The molecule has 0 bridgehead atoms. The molecule has 1 fully saturated rings. The Bertz CT molecular complexity index is 208. The highest BCUT2D eigenvalue weighted by atomic mass is 16.2. The lowest BCUT2D eigenvalue weighted by atomic mass is 9.93. The van der Waals surface area contributed by atoms with Crippen LogP contribution in [0.4, 0.5) is 0 Å². The van der Waals surface area contributed by atoms with Crippen molar-refractivity contribution in [1.82, 2.24) is 4.90 Å². The van der Waals surface area contributed by atoms with Gasteiger partial charge in [0.15, 0.2) is 0 Å². The molecule has 1 rings (SSSR count). The fourth-order valence-electron chi connectivity index (χ4n) is 2.28. The molecule has 3 nitrogen and oxygen atoms in total. The number of amides is 1. The molecule has 0 aromatic heterocycles. The van der Waals surface area contributed by atoms with Gasteiger partial charge >= 0.3 is 0 Å². The first-order valence-corrected chi connectivity index (χ1v) is 6.61. The van der Waals surface area contributed by atoms with Crippen molar-refractivity contribution in [2.75, 3.05) is 19.6 Å². The van der Waals surface area contributed by atoms with E-state index in [0.717, 1.165) is 57.7 Å². The Labute approximate surface area is 99.4 Å². The third kappa shape index (κ3) is 4.52. The Kier molecular flexibility index (Phi) is 5.81. The summed E-state index contributed by atoms with van der Waals surface area (Å²) in [7, 11) is 0. The van der Waals surface area contributed by atoms with Gasteiger partial charge in [0.2, 0.25) is 5.91 Å². The lowest BCUT2D eigenvalue weighted by Gasteiger charge is -2.32. The van der Waals surface area contributed by atoms with Gasteiger partial charge in [-0.05, 0) is 44.1 Å². The van der Waals surface area contributed by atoms with Crippen LogP contribution in [0.15, 0.2) is 0 Å². The maximum atomic E-state index is 11.9. The third-order valence-corrected chi connectivity index (χ3v) is 3.48. The molecule has 1 aliphatic rings. The monoisotopic (exact) mass is 226 g/mol. The van der Waals surface area contributed by atoms with E-state index in [1.165, 1.54) is 0 Å². The largest absolute Gasteiger partial charge is 0.343 e. The van der Waals surface area contributed by atoms with Crippen LogP contribution >= 0.6 is 0 Å². The first-order chi connectivity index (χ1) is 7.63. The smallest absolute Gasteiger partial charge is 0.222 e. The van der Waals surface area contributed by atoms with Crippen molar-refractivity contribution in [1.29, 1.82) is 0 Å². The number of carbonyl (C=O) groups excluding carboxylic acids is 1. The van der Waals surface area contributed by atoms with Crippen LogP contribution in [0.3, 0.4) is 0 Å². The number of nitrogens with zero attached hydrogens (tertiary/aromatic N) is 1. The van der Waals surface area contributed by atoms with Gasteiger partial charge in [0.25, 0.3) is 0 Å². The maximum Gasteiger partial charge on any atom is 0.222 e. The Hall–Kier alpha value is -0.570. The van der Waals surface area contributed by atoms with Crippen LogP contribution in [-0.2, 0) is 4.79 Å². The molecule has 0 saturated carbocycles. The second-order valence-corrected chi connectivity index (χ2v) is 5.33. The van der Waals surface area contributed by atoms with Crippen molar-refractivity contribution in [3.05, 3.63) is 0 Å². The number of hydrogen-bond donors (Lipinski definition) is 1. The lowest BCUT2D eigenvalue weighted by Crippen LogP contribution is -2.38. The van der Waals surface area contributed by atoms with E-state index in [4.69, 9.17) is 5.73 Å². The molecule has 1 saturated heterocycles. The molecule has 1 aliphatic heterocycles. The number of carbonyl (C=O) groups is 1. The molecule has 1 heterocycles. The van der Waals surface area contributed by atoms with Crippen LogP contribution in [-0.4, -0.2) is 30.4 Å². The van der Waals surface area contributed by atoms with Crippen molar-refractivity contribution in [3.63, 3.8) is 0 Å². The molecular formula is C13H26N2O. The summed E-state index contributed by atoms with van der Waals surface area (Å²) < 4.78 is 0. The summed E-state index contributed by atoms with van der Waals surface area (Å²) in [6.07, 6.45) is 5.14. The second-order valence-electron chi connectivity index (χ2n) is 5.33. The second kappa shape index (κ2) is 6.89. The number of hydrogen-bond acceptors (Lipinski definition) is 2. The Morgan fingerprint density at radius 3 is 2.50 bits per heavy atom. The van der Waals surface area contributed by atoms with Crippen molar-refractivity contribution >= 4 is 5.91 Å². The zero-order valence-electron chi connectivity index (χ0n) is 10.7. The molecule has 3 heteroatoms. The first-order valence-electron chi connectivity index (χ1n) is 6.61. The van der Waals surface area contributed by atoms with Gasteiger partial charge in [0, 0.05) is 19.5 Å². The Morgan fingerprint density at radius 1 is 1.38 bits per heavy atom. The van der Waals surface area contributed by atoms with E-state index in [1.54, 1.807) is 0 Å². The SMILES string of the molecule is CC(C)CCC(=O)N1CCC(CCN)CC1. The van der Waals surface area contributed by atoms with Gasteiger partial charge in [0.1, 0.15) is 0 Å². The topological polar surface area (TPSA) is 46.3 Å². The van der Waals surface area contributed by atoms with Gasteiger partial charge < -0.3 is 10.6 Å². The standard InChI is InChI=1S/C13H26N2O/c1-11(2)3-4-13(16)15-9-6-12(5-8-14)7-10-15/h11-12H,3-10,14H2,1-2H3. The molecule has 16 heavy (non-hydrogen) atoms. The molecule has 2 N–H and O–H groups in total. The highest BCUT2D eigenvalue weighted by molar-refractivity contribution is 5.76. The fraction of sp³-hybridized carbons (Fsp3) is 0.923. The van der Waals surface area contributed by atoms with Gasteiger partial charge in [-0.3, -0.25) is 4.79 Å². The average molecular weight is 226 g/mol. The number of likely N-dealkylation sites (tertiary alicyclic amines) is 1. The van der Waals surface area contributed by atoms with Gasteiger partial charge in [-0.2, -0.15) is 0 Å². The van der Waals surface area contributed by atoms with Crippen molar-refractivity contribution in [3.8, 4) is 0 Å². The van der Waals surface area contributed by atoms with E-state index < -0.39 is 0 Å². The molecule has 0 atom stereocenters. The summed E-state index contributed by atoms with van der Waals surface area (Å²) in [5, 5.41) is 0. The Morgan fingerprint density at radius 2 is 2.00 bits per heavy atom. The van der Waals surface area contributed by atoms with Crippen LogP contribution in [0, 0.1) is 11.8 Å². The van der Waals surface area contributed by atoms with Crippen molar-refractivity contribution in [2.45, 2.75) is 46.0 Å². The molecular weight excluding hydrogens is 200 g/mol. The van der Waals surface area contributed by atoms with E-state index in [0.29, 0.717) is 11.8 Å². The molecule has 1 amide bonds. The first kappa shape index (κ1) is 13.5. The normalized spacial score (nSPS) is 18.1. The minimum absolute atomic E-state index is 0.347. The highest BCUT2D eigenvalue weighted by Gasteiger charge is 2.21. The molecule has 0 aromatic carbocycles. The Balaban J connectivity index is 2.22. The van der Waals surface area contributed by atoms with E-state index >= 15 is 0 Å². The number of nitrogens with two attached hydrogens (primary N) is 1. The predicted octanol–water partition coefficient (Wildman–Crippen LogP) is 2.01. The molecule has 0 radical (unpaired) electrons. The van der Waals surface area contributed by atoms with E-state index in [9.17, 15) is 4.79 Å². The third-order valence-electron chi connectivity index (χ3n) is 3.48. The van der Waals surface area contributed by atoms with E-state index in [1.807, 2.05) is 4.90 Å². The zero-order chi connectivity index (χ0) is 12.0. The minimum Gasteiger partial charge on any atom is -0.343 e. The molecule has 0 spiro atoms. The van der Waals surface area contributed by atoms with Crippen molar-refractivity contribution in [2.24, 2.45) is 17.6 Å². The molecule has 94 valence electrons.